The molecule has 0 fully saturated rings. The van der Waals surface area contributed by atoms with E-state index in [4.69, 9.17) is 4.74 Å². The number of fused-ring (bicyclic) bond motifs is 1. The number of ether oxygens (including phenoxy) is 1. The number of aryl methyl sites for hydroxylation is 2. The second-order valence-electron chi connectivity index (χ2n) is 5.70. The van der Waals surface area contributed by atoms with Gasteiger partial charge in [0.05, 0.1) is 11.4 Å². The third kappa shape index (κ3) is 3.71. The second-order valence-corrected chi connectivity index (χ2v) is 5.70. The van der Waals surface area contributed by atoms with Crippen LogP contribution in [0.15, 0.2) is 36.4 Å². The molecule has 2 aromatic carbocycles. The van der Waals surface area contributed by atoms with E-state index < -0.39 is 5.82 Å². The highest BCUT2D eigenvalue weighted by Crippen LogP contribution is 2.36. The summed E-state index contributed by atoms with van der Waals surface area (Å²) in [4.78, 5) is 23.5. The van der Waals surface area contributed by atoms with E-state index in [9.17, 15) is 14.0 Å². The maximum absolute atomic E-state index is 13.7. The third-order valence-electron chi connectivity index (χ3n) is 3.67. The Labute approximate surface area is 138 Å². The van der Waals surface area contributed by atoms with Gasteiger partial charge in [-0.3, -0.25) is 9.59 Å². The maximum atomic E-state index is 13.7. The Kier molecular flexibility index (Phi) is 4.46. The van der Waals surface area contributed by atoms with Crippen LogP contribution >= 0.6 is 0 Å². The number of nitrogens with one attached hydrogen (secondary N) is 2. The molecular weight excluding hydrogens is 311 g/mol. The first kappa shape index (κ1) is 16.0. The zero-order valence-electron chi connectivity index (χ0n) is 13.2. The molecule has 24 heavy (non-hydrogen) atoms. The molecule has 0 atom stereocenters. The van der Waals surface area contributed by atoms with Crippen LogP contribution in [0.5, 0.6) is 5.75 Å². The first-order chi connectivity index (χ1) is 11.5. The number of halogens is 1. The van der Waals surface area contributed by atoms with E-state index in [1.54, 1.807) is 0 Å². The number of carbonyl (C=O) groups excluding carboxylic acids is 2. The van der Waals surface area contributed by atoms with Gasteiger partial charge >= 0.3 is 0 Å². The SMILES string of the molecule is Cc1cccc(CCC(=O)Nc2cc(F)cc3c2OCC(=O)N3)c1. The summed E-state index contributed by atoms with van der Waals surface area (Å²) in [6, 6.07) is 10.3. The lowest BCUT2D eigenvalue weighted by molar-refractivity contribution is -0.118. The lowest BCUT2D eigenvalue weighted by Gasteiger charge is -2.21. The third-order valence-corrected chi connectivity index (χ3v) is 3.67. The van der Waals surface area contributed by atoms with Gasteiger partial charge in [0.1, 0.15) is 5.82 Å². The van der Waals surface area contributed by atoms with E-state index in [0.717, 1.165) is 17.2 Å². The van der Waals surface area contributed by atoms with E-state index in [0.29, 0.717) is 6.42 Å². The first-order valence-electron chi connectivity index (χ1n) is 7.63. The Morgan fingerprint density at radius 3 is 2.96 bits per heavy atom. The largest absolute Gasteiger partial charge is 0.479 e. The van der Waals surface area contributed by atoms with Gasteiger partial charge in [0.15, 0.2) is 12.4 Å². The van der Waals surface area contributed by atoms with Crippen molar-refractivity contribution in [1.82, 2.24) is 0 Å². The lowest BCUT2D eigenvalue weighted by atomic mass is 10.1. The van der Waals surface area contributed by atoms with Crippen LogP contribution in [-0.2, 0) is 16.0 Å². The first-order valence-corrected chi connectivity index (χ1v) is 7.63. The van der Waals surface area contributed by atoms with Gasteiger partial charge in [-0.1, -0.05) is 29.8 Å². The van der Waals surface area contributed by atoms with Crippen LogP contribution in [0.25, 0.3) is 0 Å². The second kappa shape index (κ2) is 6.70. The van der Waals surface area contributed by atoms with Crippen LogP contribution in [0.4, 0.5) is 15.8 Å². The fraction of sp³-hybridized carbons (Fsp3) is 0.222. The van der Waals surface area contributed by atoms with Crippen molar-refractivity contribution in [3.63, 3.8) is 0 Å². The van der Waals surface area contributed by atoms with Gasteiger partial charge in [0.25, 0.3) is 5.91 Å². The van der Waals surface area contributed by atoms with E-state index in [-0.39, 0.29) is 42.0 Å². The molecule has 1 aliphatic rings. The number of rotatable bonds is 4. The van der Waals surface area contributed by atoms with Crippen LogP contribution in [0.2, 0.25) is 0 Å². The highest BCUT2D eigenvalue weighted by atomic mass is 19.1. The van der Waals surface area contributed by atoms with Crippen molar-refractivity contribution in [2.24, 2.45) is 0 Å². The fourth-order valence-electron chi connectivity index (χ4n) is 2.60. The molecule has 0 saturated heterocycles. The number of amides is 2. The van der Waals surface area contributed by atoms with Crippen LogP contribution in [-0.4, -0.2) is 18.4 Å². The van der Waals surface area contributed by atoms with Gasteiger partial charge < -0.3 is 15.4 Å². The van der Waals surface area contributed by atoms with Crippen molar-refractivity contribution in [3.8, 4) is 5.75 Å². The Morgan fingerprint density at radius 2 is 2.17 bits per heavy atom. The van der Waals surface area contributed by atoms with Crippen molar-refractivity contribution in [2.45, 2.75) is 19.8 Å². The predicted molar refractivity (Wildman–Crippen MR) is 88.7 cm³/mol. The van der Waals surface area contributed by atoms with Crippen molar-refractivity contribution in [2.75, 3.05) is 17.2 Å². The van der Waals surface area contributed by atoms with Crippen LogP contribution < -0.4 is 15.4 Å². The van der Waals surface area contributed by atoms with Gasteiger partial charge in [0.2, 0.25) is 5.91 Å². The van der Waals surface area contributed by atoms with Gasteiger partial charge in [0, 0.05) is 18.6 Å². The fourth-order valence-corrected chi connectivity index (χ4v) is 2.60. The van der Waals surface area contributed by atoms with E-state index in [1.165, 1.54) is 6.07 Å². The molecule has 0 radical (unpaired) electrons. The molecule has 1 aliphatic heterocycles. The number of carbonyl (C=O) groups is 2. The lowest BCUT2D eigenvalue weighted by Crippen LogP contribution is -2.26. The number of anilines is 2. The average molecular weight is 328 g/mol. The summed E-state index contributed by atoms with van der Waals surface area (Å²) in [6.45, 7) is 1.83. The molecule has 6 heteroatoms. The molecular formula is C18H17FN2O3. The summed E-state index contributed by atoms with van der Waals surface area (Å²) >= 11 is 0. The Balaban J connectivity index is 1.69. The van der Waals surface area contributed by atoms with Gasteiger partial charge in [-0.2, -0.15) is 0 Å². The monoisotopic (exact) mass is 328 g/mol. The molecule has 1 heterocycles. The Hall–Kier alpha value is -2.89. The maximum Gasteiger partial charge on any atom is 0.262 e. The molecule has 3 rings (SSSR count). The van der Waals surface area contributed by atoms with E-state index >= 15 is 0 Å². The summed E-state index contributed by atoms with van der Waals surface area (Å²) in [6.07, 6.45) is 0.851. The van der Waals surface area contributed by atoms with Gasteiger partial charge in [-0.15, -0.1) is 0 Å². The molecule has 0 saturated carbocycles. The quantitative estimate of drug-likeness (QED) is 0.906. The highest BCUT2D eigenvalue weighted by Gasteiger charge is 2.21. The van der Waals surface area contributed by atoms with Gasteiger partial charge in [-0.25, -0.2) is 4.39 Å². The molecule has 124 valence electrons. The van der Waals surface area contributed by atoms with Crippen molar-refractivity contribution in [1.29, 1.82) is 0 Å². The smallest absolute Gasteiger partial charge is 0.262 e. The summed E-state index contributed by atoms with van der Waals surface area (Å²) in [5.74, 6) is -0.886. The minimum atomic E-state index is -0.562. The molecule has 0 aliphatic carbocycles. The molecule has 2 N–H and O–H groups in total. The minimum absolute atomic E-state index is 0.162. The summed E-state index contributed by atoms with van der Waals surface area (Å²) in [5, 5.41) is 5.18. The molecule has 0 unspecified atom stereocenters. The van der Waals surface area contributed by atoms with Crippen LogP contribution in [0, 0.1) is 12.7 Å². The number of hydrogen-bond donors (Lipinski definition) is 2. The van der Waals surface area contributed by atoms with Crippen LogP contribution in [0.1, 0.15) is 17.5 Å². The highest BCUT2D eigenvalue weighted by molar-refractivity contribution is 6.00. The minimum Gasteiger partial charge on any atom is -0.479 e. The molecule has 5 nitrogen and oxygen atoms in total. The molecule has 0 aromatic heterocycles. The summed E-state index contributed by atoms with van der Waals surface area (Å²) in [5.41, 5.74) is 2.64. The van der Waals surface area contributed by atoms with Crippen molar-refractivity contribution < 1.29 is 18.7 Å². The topological polar surface area (TPSA) is 67.4 Å². The van der Waals surface area contributed by atoms with Crippen molar-refractivity contribution in [3.05, 3.63) is 53.3 Å². The van der Waals surface area contributed by atoms with Crippen LogP contribution in [0.3, 0.4) is 0 Å². The Bertz CT molecular complexity index is 805. The number of hydrogen-bond acceptors (Lipinski definition) is 3. The van der Waals surface area contributed by atoms with E-state index in [1.807, 2.05) is 31.2 Å². The standard InChI is InChI=1S/C18H17FN2O3/c1-11-3-2-4-12(7-11)5-6-16(22)20-14-8-13(19)9-15-18(14)24-10-17(23)21-15/h2-4,7-9H,5-6,10H2,1H3,(H,20,22)(H,21,23). The molecule has 2 aromatic rings. The molecule has 0 spiro atoms. The zero-order chi connectivity index (χ0) is 17.1. The van der Waals surface area contributed by atoms with E-state index in [2.05, 4.69) is 10.6 Å². The summed E-state index contributed by atoms with van der Waals surface area (Å²) < 4.78 is 19.0. The normalized spacial score (nSPS) is 12.8. The average Bonchev–Trinajstić information content (AvgIpc) is 2.52. The Morgan fingerprint density at radius 1 is 1.33 bits per heavy atom. The zero-order valence-corrected chi connectivity index (χ0v) is 13.2. The van der Waals surface area contributed by atoms with Gasteiger partial charge in [-0.05, 0) is 18.9 Å². The molecule has 0 bridgehead atoms. The molecule has 2 amide bonds. The van der Waals surface area contributed by atoms with Crippen molar-refractivity contribution >= 4 is 23.2 Å². The summed E-state index contributed by atoms with van der Waals surface area (Å²) in [7, 11) is 0. The number of benzene rings is 2. The predicted octanol–water partition coefficient (Wildman–Crippen LogP) is 3.04.